The number of para-hydroxylation sites is 2. The van der Waals surface area contributed by atoms with E-state index in [9.17, 15) is 14.4 Å². The van der Waals surface area contributed by atoms with E-state index in [-0.39, 0.29) is 25.5 Å². The summed E-state index contributed by atoms with van der Waals surface area (Å²) in [4.78, 5) is 39.7. The Labute approximate surface area is 246 Å². The molecule has 0 aliphatic carbocycles. The number of hydrogen-bond acceptors (Lipinski definition) is 7. The molecule has 0 spiro atoms. The predicted octanol–water partition coefficient (Wildman–Crippen LogP) is 5.56. The molecule has 2 aromatic carbocycles. The van der Waals surface area contributed by atoms with Gasteiger partial charge in [-0.05, 0) is 84.4 Å². The van der Waals surface area contributed by atoms with Gasteiger partial charge in [-0.25, -0.2) is 4.79 Å². The fourth-order valence-corrected chi connectivity index (χ4v) is 4.20. The van der Waals surface area contributed by atoms with Crippen LogP contribution in [0, 0.1) is 0 Å². The molecule has 0 fully saturated rings. The molecule has 1 atom stereocenters. The number of nitrogens with one attached hydrogen (secondary N) is 3. The van der Waals surface area contributed by atoms with Gasteiger partial charge in [0.15, 0.2) is 0 Å². The standard InChI is InChI=1S/C29H40Cl2N4O5/c1-29(2,3)40-28(38)34-24(15-8-9-17-35(4)5)27(37)32-16-18-39-25(36)19-20-11-6-7-14-23(20)33-26-21(30)12-10-13-22(26)31/h6-7,10-14,24,33H,8-9,15-19H2,1-5H3,(H,32,37)(H,34,38)/t24-/m0/s1. The van der Waals surface area contributed by atoms with Crippen LogP contribution in [-0.2, 0) is 25.5 Å². The van der Waals surface area contributed by atoms with E-state index in [1.807, 2.05) is 32.3 Å². The maximum atomic E-state index is 12.8. The summed E-state index contributed by atoms with van der Waals surface area (Å²) in [5, 5.41) is 9.50. The smallest absolute Gasteiger partial charge is 0.408 e. The number of halogens is 2. The molecule has 0 aliphatic rings. The predicted molar refractivity (Wildman–Crippen MR) is 159 cm³/mol. The van der Waals surface area contributed by atoms with Crippen LogP contribution in [0.4, 0.5) is 16.2 Å². The number of rotatable bonds is 14. The lowest BCUT2D eigenvalue weighted by Gasteiger charge is -2.23. The second kappa shape index (κ2) is 16.3. The van der Waals surface area contributed by atoms with E-state index in [2.05, 4.69) is 20.9 Å². The quantitative estimate of drug-likeness (QED) is 0.194. The number of ether oxygens (including phenoxy) is 2. The molecule has 11 heteroatoms. The van der Waals surface area contributed by atoms with Crippen LogP contribution in [0.3, 0.4) is 0 Å². The number of amides is 2. The summed E-state index contributed by atoms with van der Waals surface area (Å²) >= 11 is 12.5. The lowest BCUT2D eigenvalue weighted by atomic mass is 10.1. The minimum absolute atomic E-state index is 0.00783. The fourth-order valence-electron chi connectivity index (χ4n) is 3.71. The molecule has 40 heavy (non-hydrogen) atoms. The molecular weight excluding hydrogens is 555 g/mol. The highest BCUT2D eigenvalue weighted by Gasteiger charge is 2.24. The van der Waals surface area contributed by atoms with Crippen LogP contribution in [0.1, 0.15) is 45.6 Å². The molecule has 0 unspecified atom stereocenters. The van der Waals surface area contributed by atoms with Crippen molar-refractivity contribution in [2.45, 2.75) is 58.1 Å². The van der Waals surface area contributed by atoms with E-state index >= 15 is 0 Å². The number of nitrogens with zero attached hydrogens (tertiary/aromatic N) is 1. The second-order valence-corrected chi connectivity index (χ2v) is 11.4. The second-order valence-electron chi connectivity index (χ2n) is 10.6. The molecule has 0 bridgehead atoms. The zero-order chi connectivity index (χ0) is 29.7. The van der Waals surface area contributed by atoms with Gasteiger partial charge in [0, 0.05) is 5.69 Å². The topological polar surface area (TPSA) is 109 Å². The van der Waals surface area contributed by atoms with E-state index in [0.29, 0.717) is 33.4 Å². The summed E-state index contributed by atoms with van der Waals surface area (Å²) in [6.45, 7) is 6.23. The van der Waals surface area contributed by atoms with Gasteiger partial charge in [0.2, 0.25) is 5.91 Å². The van der Waals surface area contributed by atoms with Gasteiger partial charge in [-0.1, -0.05) is 47.5 Å². The molecule has 0 aromatic heterocycles. The van der Waals surface area contributed by atoms with Gasteiger partial charge >= 0.3 is 12.1 Å². The fraction of sp³-hybridized carbons (Fsp3) is 0.483. The van der Waals surface area contributed by atoms with Gasteiger partial charge in [-0.2, -0.15) is 0 Å². The average Bonchev–Trinajstić information content (AvgIpc) is 2.85. The maximum Gasteiger partial charge on any atom is 0.408 e. The number of unbranched alkanes of at least 4 members (excludes halogenated alkanes) is 1. The highest BCUT2D eigenvalue weighted by molar-refractivity contribution is 6.39. The monoisotopic (exact) mass is 594 g/mol. The Morgan fingerprint density at radius 1 is 0.975 bits per heavy atom. The molecule has 0 saturated carbocycles. The minimum atomic E-state index is -0.762. The van der Waals surface area contributed by atoms with Crippen molar-refractivity contribution in [3.63, 3.8) is 0 Å². The number of benzene rings is 2. The number of anilines is 2. The zero-order valence-corrected chi connectivity index (χ0v) is 25.3. The Morgan fingerprint density at radius 3 is 2.30 bits per heavy atom. The van der Waals surface area contributed by atoms with Crippen molar-refractivity contribution in [2.24, 2.45) is 0 Å². The number of hydrogen-bond donors (Lipinski definition) is 3. The van der Waals surface area contributed by atoms with Crippen molar-refractivity contribution in [3.05, 3.63) is 58.1 Å². The van der Waals surface area contributed by atoms with Crippen LogP contribution < -0.4 is 16.0 Å². The maximum absolute atomic E-state index is 12.8. The van der Waals surface area contributed by atoms with Crippen LogP contribution in [0.2, 0.25) is 10.0 Å². The summed E-state index contributed by atoms with van der Waals surface area (Å²) in [6.07, 6.45) is 1.43. The molecule has 0 aliphatic heterocycles. The lowest BCUT2D eigenvalue weighted by molar-refractivity contribution is -0.143. The third-order valence-electron chi connectivity index (χ3n) is 5.59. The molecule has 0 saturated heterocycles. The first-order chi connectivity index (χ1) is 18.9. The zero-order valence-electron chi connectivity index (χ0n) is 23.8. The van der Waals surface area contributed by atoms with Crippen molar-refractivity contribution in [1.29, 1.82) is 0 Å². The largest absolute Gasteiger partial charge is 0.464 e. The van der Waals surface area contributed by atoms with Gasteiger partial charge in [-0.3, -0.25) is 9.59 Å². The van der Waals surface area contributed by atoms with Gasteiger partial charge in [0.25, 0.3) is 0 Å². The van der Waals surface area contributed by atoms with E-state index in [1.165, 1.54) is 0 Å². The Balaban J connectivity index is 1.88. The SMILES string of the molecule is CN(C)CCCC[C@H](NC(=O)OC(C)(C)C)C(=O)NCCOC(=O)Cc1ccccc1Nc1c(Cl)cccc1Cl. The molecule has 0 heterocycles. The first-order valence-corrected chi connectivity index (χ1v) is 14.0. The molecule has 2 aromatic rings. The normalized spacial score (nSPS) is 12.0. The highest BCUT2D eigenvalue weighted by Crippen LogP contribution is 2.33. The van der Waals surface area contributed by atoms with Gasteiger partial charge in [0.1, 0.15) is 18.2 Å². The lowest BCUT2D eigenvalue weighted by Crippen LogP contribution is -2.48. The van der Waals surface area contributed by atoms with Crippen LogP contribution in [0.5, 0.6) is 0 Å². The Hall–Kier alpha value is -3.01. The molecule has 0 radical (unpaired) electrons. The summed E-state index contributed by atoms with van der Waals surface area (Å²) in [5.41, 5.74) is 1.24. The molecular formula is C29H40Cl2N4O5. The van der Waals surface area contributed by atoms with Crippen molar-refractivity contribution in [3.8, 4) is 0 Å². The average molecular weight is 596 g/mol. The van der Waals surface area contributed by atoms with Crippen LogP contribution >= 0.6 is 23.2 Å². The van der Waals surface area contributed by atoms with E-state index < -0.39 is 23.7 Å². The number of alkyl carbamates (subject to hydrolysis) is 1. The van der Waals surface area contributed by atoms with Gasteiger partial charge in [-0.15, -0.1) is 0 Å². The molecule has 3 N–H and O–H groups in total. The molecule has 2 rings (SSSR count). The van der Waals surface area contributed by atoms with Crippen molar-refractivity contribution in [2.75, 3.05) is 39.1 Å². The molecule has 9 nitrogen and oxygen atoms in total. The highest BCUT2D eigenvalue weighted by atomic mass is 35.5. The van der Waals surface area contributed by atoms with Crippen LogP contribution in [0.25, 0.3) is 0 Å². The first-order valence-electron chi connectivity index (χ1n) is 13.2. The minimum Gasteiger partial charge on any atom is -0.464 e. The van der Waals surface area contributed by atoms with E-state index in [1.54, 1.807) is 45.0 Å². The summed E-state index contributed by atoms with van der Waals surface area (Å²) in [6, 6.07) is 11.7. The molecule has 220 valence electrons. The van der Waals surface area contributed by atoms with E-state index in [0.717, 1.165) is 19.4 Å². The summed E-state index contributed by atoms with van der Waals surface area (Å²) in [5.74, 6) is -0.821. The van der Waals surface area contributed by atoms with Crippen molar-refractivity contribution < 1.29 is 23.9 Å². The van der Waals surface area contributed by atoms with Gasteiger partial charge < -0.3 is 30.3 Å². The first kappa shape index (κ1) is 33.2. The summed E-state index contributed by atoms with van der Waals surface area (Å²) in [7, 11) is 3.96. The number of esters is 1. The van der Waals surface area contributed by atoms with Gasteiger partial charge in [0.05, 0.1) is 28.7 Å². The van der Waals surface area contributed by atoms with Crippen LogP contribution in [-0.4, -0.2) is 68.3 Å². The van der Waals surface area contributed by atoms with Crippen LogP contribution in [0.15, 0.2) is 42.5 Å². The Bertz CT molecular complexity index is 1120. The third-order valence-corrected chi connectivity index (χ3v) is 6.22. The van der Waals surface area contributed by atoms with E-state index in [4.69, 9.17) is 32.7 Å². The molecule has 2 amide bonds. The Morgan fingerprint density at radius 2 is 1.65 bits per heavy atom. The third kappa shape index (κ3) is 12.4. The van der Waals surface area contributed by atoms with Crippen molar-refractivity contribution >= 4 is 52.5 Å². The summed E-state index contributed by atoms with van der Waals surface area (Å²) < 4.78 is 10.7. The number of carbonyl (C=O) groups excluding carboxylic acids is 3. The Kier molecular flexibility index (Phi) is 13.5. The number of carbonyl (C=O) groups is 3. The van der Waals surface area contributed by atoms with Crippen molar-refractivity contribution in [1.82, 2.24) is 15.5 Å².